The van der Waals surface area contributed by atoms with E-state index in [4.69, 9.17) is 10.5 Å². The minimum Gasteiger partial charge on any atom is -0.486 e. The molecule has 31 heavy (non-hydrogen) atoms. The predicted octanol–water partition coefficient (Wildman–Crippen LogP) is 1.52. The van der Waals surface area contributed by atoms with Crippen molar-refractivity contribution in [2.45, 2.75) is 6.61 Å². The van der Waals surface area contributed by atoms with Gasteiger partial charge in [0.1, 0.15) is 24.1 Å². The zero-order valence-corrected chi connectivity index (χ0v) is 16.5. The number of nitrogens with one attached hydrogen (secondary N) is 2. The maximum absolute atomic E-state index is 14.4. The van der Waals surface area contributed by atoms with Crippen molar-refractivity contribution in [1.82, 2.24) is 35.7 Å². The lowest BCUT2D eigenvalue weighted by Gasteiger charge is -2.28. The first-order valence-electron chi connectivity index (χ1n) is 9.84. The molecule has 0 aromatic carbocycles. The third kappa shape index (κ3) is 3.94. The Morgan fingerprint density at radius 2 is 2.00 bits per heavy atom. The number of anilines is 2. The second kappa shape index (κ2) is 8.11. The van der Waals surface area contributed by atoms with E-state index in [0.717, 1.165) is 37.6 Å². The molecule has 5 heterocycles. The number of nitrogen functional groups attached to an aromatic ring is 1. The van der Waals surface area contributed by atoms with E-state index in [9.17, 15) is 4.39 Å². The summed E-state index contributed by atoms with van der Waals surface area (Å²) in [6.07, 6.45) is 2.94. The van der Waals surface area contributed by atoms with Gasteiger partial charge in [0.2, 0.25) is 0 Å². The number of pyridine rings is 3. The van der Waals surface area contributed by atoms with Crippen LogP contribution in [0.15, 0.2) is 36.7 Å². The molecule has 4 aromatic heterocycles. The van der Waals surface area contributed by atoms with Gasteiger partial charge in [0.05, 0.1) is 11.9 Å². The minimum absolute atomic E-state index is 0.0287. The molecule has 10 nitrogen and oxygen atoms in total. The van der Waals surface area contributed by atoms with Crippen molar-refractivity contribution in [3.8, 4) is 17.0 Å². The highest BCUT2D eigenvalue weighted by atomic mass is 19.1. The number of hydrogen-bond donors (Lipinski definition) is 3. The highest BCUT2D eigenvalue weighted by Gasteiger charge is 2.14. The summed E-state index contributed by atoms with van der Waals surface area (Å²) in [5.41, 5.74) is 8.38. The molecule has 0 bridgehead atoms. The standard InChI is InChI=1S/C20H20FN9O/c21-14-10-24-15(12-1-2-18(25-9-12)30-5-3-23-4-6-30)7-13(14)11-31-16-8-17(22)26-20-19(16)27-29-28-20/h1-2,7-10,23H,3-6,11H2,(H3,22,26,27,28,29). The summed E-state index contributed by atoms with van der Waals surface area (Å²) >= 11 is 0. The van der Waals surface area contributed by atoms with E-state index in [1.165, 1.54) is 12.3 Å². The molecule has 0 atom stereocenters. The first-order chi connectivity index (χ1) is 15.2. The summed E-state index contributed by atoms with van der Waals surface area (Å²) in [4.78, 5) is 15.1. The van der Waals surface area contributed by atoms with Crippen LogP contribution in [0.2, 0.25) is 0 Å². The van der Waals surface area contributed by atoms with Crippen LogP contribution < -0.4 is 20.7 Å². The van der Waals surface area contributed by atoms with Crippen molar-refractivity contribution >= 4 is 22.8 Å². The SMILES string of the molecule is Nc1cc(OCc2cc(-c3ccc(N4CCNCC4)nc3)ncc2F)c2nn[nH]c2n1. The third-order valence-corrected chi connectivity index (χ3v) is 5.09. The molecule has 0 saturated carbocycles. The average molecular weight is 421 g/mol. The van der Waals surface area contributed by atoms with Crippen molar-refractivity contribution in [1.29, 1.82) is 0 Å². The van der Waals surface area contributed by atoms with Crippen LogP contribution in [0.3, 0.4) is 0 Å². The van der Waals surface area contributed by atoms with Crippen LogP contribution in [0.5, 0.6) is 5.75 Å². The fraction of sp³-hybridized carbons (Fsp3) is 0.250. The zero-order valence-electron chi connectivity index (χ0n) is 16.5. The molecule has 0 amide bonds. The molecule has 0 unspecified atom stereocenters. The number of aromatic amines is 1. The Hall–Kier alpha value is -3.86. The molecule has 1 fully saturated rings. The van der Waals surface area contributed by atoms with Crippen molar-refractivity contribution in [3.63, 3.8) is 0 Å². The second-order valence-corrected chi connectivity index (χ2v) is 7.15. The fourth-order valence-electron chi connectivity index (χ4n) is 3.46. The number of fused-ring (bicyclic) bond motifs is 1. The number of hydrogen-bond acceptors (Lipinski definition) is 9. The average Bonchev–Trinajstić information content (AvgIpc) is 3.28. The van der Waals surface area contributed by atoms with Crippen LogP contribution in [0, 0.1) is 5.82 Å². The van der Waals surface area contributed by atoms with Crippen LogP contribution in [0.1, 0.15) is 5.56 Å². The molecule has 4 aromatic rings. The Balaban J connectivity index is 1.36. The Labute approximate surface area is 176 Å². The van der Waals surface area contributed by atoms with Crippen molar-refractivity contribution in [2.24, 2.45) is 0 Å². The lowest BCUT2D eigenvalue weighted by Crippen LogP contribution is -2.43. The topological polar surface area (TPSA) is 131 Å². The Morgan fingerprint density at radius 1 is 1.13 bits per heavy atom. The fourth-order valence-corrected chi connectivity index (χ4v) is 3.46. The van der Waals surface area contributed by atoms with Crippen molar-refractivity contribution < 1.29 is 9.13 Å². The number of rotatable bonds is 5. The molecule has 1 aliphatic heterocycles. The van der Waals surface area contributed by atoms with Gasteiger partial charge in [-0.1, -0.05) is 5.21 Å². The highest BCUT2D eigenvalue weighted by molar-refractivity contribution is 5.78. The Bertz CT molecular complexity index is 1210. The summed E-state index contributed by atoms with van der Waals surface area (Å²) in [5, 5.41) is 13.6. The van der Waals surface area contributed by atoms with Gasteiger partial charge in [0.15, 0.2) is 16.9 Å². The number of aromatic nitrogens is 6. The lowest BCUT2D eigenvalue weighted by molar-refractivity contribution is 0.302. The number of nitrogens with zero attached hydrogens (tertiary/aromatic N) is 6. The van der Waals surface area contributed by atoms with E-state index in [-0.39, 0.29) is 12.4 Å². The van der Waals surface area contributed by atoms with Crippen LogP contribution >= 0.6 is 0 Å². The molecular formula is C20H20FN9O. The van der Waals surface area contributed by atoms with E-state index >= 15 is 0 Å². The number of nitrogens with two attached hydrogens (primary N) is 1. The molecule has 11 heteroatoms. The smallest absolute Gasteiger partial charge is 0.181 e. The summed E-state index contributed by atoms with van der Waals surface area (Å²) in [7, 11) is 0. The van der Waals surface area contributed by atoms with E-state index in [1.807, 2.05) is 12.1 Å². The first-order valence-corrected chi connectivity index (χ1v) is 9.84. The van der Waals surface area contributed by atoms with Crippen LogP contribution in [0.4, 0.5) is 16.0 Å². The monoisotopic (exact) mass is 421 g/mol. The van der Waals surface area contributed by atoms with E-state index in [1.54, 1.807) is 12.3 Å². The molecule has 0 spiro atoms. The summed E-state index contributed by atoms with van der Waals surface area (Å²) < 4.78 is 20.2. The van der Waals surface area contributed by atoms with E-state index in [0.29, 0.717) is 28.2 Å². The Morgan fingerprint density at radius 3 is 2.81 bits per heavy atom. The summed E-state index contributed by atoms with van der Waals surface area (Å²) in [6.45, 7) is 3.69. The molecule has 1 saturated heterocycles. The van der Waals surface area contributed by atoms with Crippen LogP contribution in [-0.4, -0.2) is 56.5 Å². The van der Waals surface area contributed by atoms with Gasteiger partial charge in [-0.05, 0) is 18.2 Å². The number of ether oxygens (including phenoxy) is 1. The predicted molar refractivity (Wildman–Crippen MR) is 113 cm³/mol. The summed E-state index contributed by atoms with van der Waals surface area (Å²) in [6, 6.07) is 7.09. The molecule has 0 radical (unpaired) electrons. The van der Waals surface area contributed by atoms with Gasteiger partial charge in [-0.2, -0.15) is 0 Å². The minimum atomic E-state index is -0.465. The second-order valence-electron chi connectivity index (χ2n) is 7.15. The number of piperazine rings is 1. The molecule has 0 aliphatic carbocycles. The maximum Gasteiger partial charge on any atom is 0.181 e. The van der Waals surface area contributed by atoms with Gasteiger partial charge < -0.3 is 20.7 Å². The van der Waals surface area contributed by atoms with E-state index < -0.39 is 5.82 Å². The number of halogens is 1. The largest absolute Gasteiger partial charge is 0.486 e. The van der Waals surface area contributed by atoms with Gasteiger partial charge in [-0.15, -0.1) is 5.10 Å². The Kier molecular flexibility index (Phi) is 5.00. The van der Waals surface area contributed by atoms with Crippen molar-refractivity contribution in [3.05, 3.63) is 48.0 Å². The molecular weight excluding hydrogens is 401 g/mol. The number of H-pyrrole nitrogens is 1. The van der Waals surface area contributed by atoms with Crippen molar-refractivity contribution in [2.75, 3.05) is 36.8 Å². The first kappa shape index (κ1) is 19.1. The van der Waals surface area contributed by atoms with Gasteiger partial charge in [-0.25, -0.2) is 19.5 Å². The molecule has 1 aliphatic rings. The van der Waals surface area contributed by atoms with Crippen LogP contribution in [0.25, 0.3) is 22.4 Å². The molecule has 4 N–H and O–H groups in total. The van der Waals surface area contributed by atoms with Gasteiger partial charge in [-0.3, -0.25) is 4.98 Å². The lowest BCUT2D eigenvalue weighted by atomic mass is 10.1. The zero-order chi connectivity index (χ0) is 21.2. The molecule has 5 rings (SSSR count). The van der Waals surface area contributed by atoms with Gasteiger partial charge >= 0.3 is 0 Å². The molecule has 158 valence electrons. The van der Waals surface area contributed by atoms with Gasteiger partial charge in [0.25, 0.3) is 0 Å². The van der Waals surface area contributed by atoms with Crippen LogP contribution in [-0.2, 0) is 6.61 Å². The third-order valence-electron chi connectivity index (χ3n) is 5.09. The highest BCUT2D eigenvalue weighted by Crippen LogP contribution is 2.26. The normalized spacial score (nSPS) is 14.2. The maximum atomic E-state index is 14.4. The van der Waals surface area contributed by atoms with E-state index in [2.05, 4.69) is 40.6 Å². The summed E-state index contributed by atoms with van der Waals surface area (Å²) in [5.74, 6) is 1.08. The quantitative estimate of drug-likeness (QED) is 0.439. The van der Waals surface area contributed by atoms with Gasteiger partial charge in [0, 0.05) is 49.6 Å².